The van der Waals surface area contributed by atoms with E-state index < -0.39 is 0 Å². The van der Waals surface area contributed by atoms with Crippen LogP contribution in [0.5, 0.6) is 0 Å². The van der Waals surface area contributed by atoms with Crippen LogP contribution in [0.1, 0.15) is 127 Å². The Kier molecular flexibility index (Phi) is 20.9. The topological polar surface area (TPSA) is 25.3 Å². The van der Waals surface area contributed by atoms with Gasteiger partial charge in [0.25, 0.3) is 0 Å². The van der Waals surface area contributed by atoms with Gasteiger partial charge >= 0.3 is 20.4 Å². The maximum Gasteiger partial charge on any atom is 2.00 e. The Labute approximate surface area is 255 Å². The Hall–Kier alpha value is -1.82. The standard InChI is InChI=1S/C32H44N2.2C2H5.Pd/c1-5-7-9-10-11-12-13-14-22-30-29(21-8-6-2)31(27-19-15-17-25(3)23-27)34(33)32(30)28-20-16-18-26(4)24-28;2*1-2;/h15-20,23-24H,5-14,21-22H2,1-4H3;2*1H2,2H3;/q;2*-1;+2. The third-order valence-corrected chi connectivity index (χ3v) is 7.00. The molecule has 1 heterocycles. The fourth-order valence-corrected chi connectivity index (χ4v) is 5.16. The summed E-state index contributed by atoms with van der Waals surface area (Å²) in [6, 6.07) is 17.2. The maximum atomic E-state index is 11.6. The van der Waals surface area contributed by atoms with Gasteiger partial charge in [0.2, 0.25) is 11.4 Å². The molecule has 0 atom stereocenters. The van der Waals surface area contributed by atoms with E-state index in [1.54, 1.807) is 13.8 Å². The Balaban J connectivity index is 0.00000276. The van der Waals surface area contributed by atoms with Crippen LogP contribution in [0, 0.1) is 27.7 Å². The van der Waals surface area contributed by atoms with E-state index in [1.807, 2.05) is 0 Å². The normalized spacial score (nSPS) is 12.5. The third-order valence-electron chi connectivity index (χ3n) is 7.00. The Morgan fingerprint density at radius 2 is 0.974 bits per heavy atom. The zero-order valence-electron chi connectivity index (χ0n) is 25.7. The van der Waals surface area contributed by atoms with Gasteiger partial charge in [-0.05, 0) is 63.8 Å². The summed E-state index contributed by atoms with van der Waals surface area (Å²) in [5.74, 6) is 0. The smallest absolute Gasteiger partial charge is 0.493 e. The van der Waals surface area contributed by atoms with E-state index in [9.17, 15) is 5.53 Å². The van der Waals surface area contributed by atoms with E-state index in [-0.39, 0.29) is 20.4 Å². The predicted octanol–water partition coefficient (Wildman–Crippen LogP) is 11.9. The number of aryl methyl sites for hydroxylation is 2. The van der Waals surface area contributed by atoms with Gasteiger partial charge < -0.3 is 19.4 Å². The zero-order valence-corrected chi connectivity index (χ0v) is 27.3. The van der Waals surface area contributed by atoms with Crippen molar-refractivity contribution in [3.8, 4) is 0 Å². The number of hydrogen-bond acceptors (Lipinski definition) is 0. The van der Waals surface area contributed by atoms with E-state index in [1.165, 1.54) is 78.3 Å². The monoisotopic (exact) mass is 620 g/mol. The number of benzene rings is 2. The van der Waals surface area contributed by atoms with Crippen LogP contribution in [0.2, 0.25) is 0 Å². The molecule has 0 fully saturated rings. The number of unbranched alkanes of at least 4 members (excludes halogenated alkanes) is 8. The molecular weight excluding hydrogens is 567 g/mol. The molecule has 0 N–H and O–H groups in total. The molecule has 0 radical (unpaired) electrons. The van der Waals surface area contributed by atoms with Gasteiger partial charge in [-0.25, -0.2) is 4.70 Å². The first-order valence-electron chi connectivity index (χ1n) is 15.1. The molecule has 1 aliphatic heterocycles. The van der Waals surface area contributed by atoms with Crippen molar-refractivity contribution >= 4 is 11.4 Å². The molecule has 2 nitrogen and oxygen atoms in total. The third kappa shape index (κ3) is 11.7. The minimum absolute atomic E-state index is 0. The summed E-state index contributed by atoms with van der Waals surface area (Å²) >= 11 is 0. The van der Waals surface area contributed by atoms with E-state index >= 15 is 0 Å². The second kappa shape index (κ2) is 21.9. The first-order valence-corrected chi connectivity index (χ1v) is 15.1. The zero-order chi connectivity index (χ0) is 28.3. The number of allylic oxidation sites excluding steroid dienone is 2. The van der Waals surface area contributed by atoms with Crippen molar-refractivity contribution in [1.29, 1.82) is 0 Å². The summed E-state index contributed by atoms with van der Waals surface area (Å²) in [7, 11) is 0. The van der Waals surface area contributed by atoms with Gasteiger partial charge in [0.05, 0.1) is 0 Å². The van der Waals surface area contributed by atoms with Gasteiger partial charge in [0, 0.05) is 22.3 Å². The second-order valence-corrected chi connectivity index (χ2v) is 10.0. The molecule has 3 rings (SSSR count). The average Bonchev–Trinajstić information content (AvgIpc) is 3.21. The van der Waals surface area contributed by atoms with Crippen molar-refractivity contribution in [2.75, 3.05) is 0 Å². The average molecular weight is 621 g/mol. The Morgan fingerprint density at radius 1 is 0.590 bits per heavy atom. The molecule has 39 heavy (non-hydrogen) atoms. The first-order chi connectivity index (χ1) is 18.6. The molecule has 0 spiro atoms. The van der Waals surface area contributed by atoms with Crippen molar-refractivity contribution in [2.45, 2.75) is 119 Å². The van der Waals surface area contributed by atoms with Crippen molar-refractivity contribution in [3.05, 3.63) is 101 Å². The number of nitrogens with zero attached hydrogens (tertiary/aromatic N) is 2. The van der Waals surface area contributed by atoms with E-state index in [4.69, 9.17) is 0 Å². The van der Waals surface area contributed by atoms with Crippen LogP contribution >= 0.6 is 0 Å². The minimum Gasteiger partial charge on any atom is -0.493 e. The van der Waals surface area contributed by atoms with Crippen molar-refractivity contribution in [1.82, 2.24) is 0 Å². The summed E-state index contributed by atoms with van der Waals surface area (Å²) in [5, 5.41) is 0. The molecule has 0 saturated carbocycles. The van der Waals surface area contributed by atoms with E-state index in [0.29, 0.717) is 0 Å². The second-order valence-electron chi connectivity index (χ2n) is 10.0. The van der Waals surface area contributed by atoms with Gasteiger partial charge in [0.15, 0.2) is 0 Å². The largest absolute Gasteiger partial charge is 2.00 e. The van der Waals surface area contributed by atoms with Crippen LogP contribution in [0.4, 0.5) is 0 Å². The number of rotatable bonds is 14. The van der Waals surface area contributed by atoms with Gasteiger partial charge in [-0.2, -0.15) is 13.8 Å². The van der Waals surface area contributed by atoms with Crippen LogP contribution < -0.4 is 0 Å². The van der Waals surface area contributed by atoms with Crippen molar-refractivity contribution in [2.24, 2.45) is 0 Å². The van der Waals surface area contributed by atoms with Gasteiger partial charge in [-0.1, -0.05) is 101 Å². The maximum absolute atomic E-state index is 11.6. The first kappa shape index (κ1) is 37.2. The molecule has 3 heteroatoms. The number of hydrogen-bond donors (Lipinski definition) is 0. The summed E-state index contributed by atoms with van der Waals surface area (Å²) in [6.45, 7) is 18.8. The molecule has 0 saturated heterocycles. The van der Waals surface area contributed by atoms with Crippen LogP contribution in [-0.4, -0.2) is 4.70 Å². The fourth-order valence-electron chi connectivity index (χ4n) is 5.16. The molecule has 0 aromatic heterocycles. The van der Waals surface area contributed by atoms with Crippen LogP contribution in [-0.2, 0) is 20.4 Å². The Bertz CT molecular complexity index is 1030. The molecule has 0 amide bonds. The van der Waals surface area contributed by atoms with Gasteiger partial charge in [-0.15, -0.1) is 0 Å². The molecule has 1 aliphatic rings. The van der Waals surface area contributed by atoms with E-state index in [2.05, 4.69) is 90.1 Å². The van der Waals surface area contributed by atoms with Gasteiger partial charge in [-0.3, -0.25) is 0 Å². The predicted molar refractivity (Wildman–Crippen MR) is 169 cm³/mol. The molecule has 218 valence electrons. The molecule has 0 aliphatic carbocycles. The summed E-state index contributed by atoms with van der Waals surface area (Å²) in [5.41, 5.74) is 21.0. The van der Waals surface area contributed by atoms with Crippen LogP contribution in [0.15, 0.2) is 59.7 Å². The van der Waals surface area contributed by atoms with Crippen molar-refractivity contribution in [3.63, 3.8) is 0 Å². The minimum atomic E-state index is 0. The van der Waals surface area contributed by atoms with E-state index in [0.717, 1.165) is 48.2 Å². The quantitative estimate of drug-likeness (QED) is 0.0869. The van der Waals surface area contributed by atoms with Crippen LogP contribution in [0.25, 0.3) is 16.9 Å². The van der Waals surface area contributed by atoms with Gasteiger partial charge in [0.1, 0.15) is 0 Å². The van der Waals surface area contributed by atoms with Crippen molar-refractivity contribution < 1.29 is 25.1 Å². The molecule has 2 aromatic rings. The van der Waals surface area contributed by atoms with Crippen LogP contribution in [0.3, 0.4) is 0 Å². The molecule has 0 unspecified atom stereocenters. The molecule has 0 bridgehead atoms. The summed E-state index contributed by atoms with van der Waals surface area (Å²) in [4.78, 5) is 0. The molecule has 2 aromatic carbocycles. The summed E-state index contributed by atoms with van der Waals surface area (Å²) < 4.78 is 1.51. The Morgan fingerprint density at radius 3 is 1.38 bits per heavy atom. The SMILES string of the molecule is CCCCCCCCCCC1=C(c2cccc(C)c2)[N+](=[N-])C(c2cccc(C)c2)=C1CCCC.[CH2-]C.[CH2-]C.[Pd+2]. The molecular formula is C36H54N2Pd. The summed E-state index contributed by atoms with van der Waals surface area (Å²) in [6.07, 6.45) is 14.9. The fraction of sp³-hybridized carbons (Fsp3) is 0.500.